The number of aliphatic hydroxyl groups is 1. The van der Waals surface area contributed by atoms with Crippen LogP contribution in [0, 0.1) is 5.92 Å². The van der Waals surface area contributed by atoms with Crippen LogP contribution in [-0.4, -0.2) is 54.5 Å². The molecule has 5 rings (SSSR count). The van der Waals surface area contributed by atoms with E-state index in [1.807, 2.05) is 6.08 Å². The van der Waals surface area contributed by atoms with Gasteiger partial charge in [0, 0.05) is 23.2 Å². The topological polar surface area (TPSA) is 53.0 Å². The van der Waals surface area contributed by atoms with E-state index in [0.29, 0.717) is 25.0 Å². The highest BCUT2D eigenvalue weighted by Gasteiger charge is 2.51. The molecule has 2 unspecified atom stereocenters. The number of likely N-dealkylation sites (N-methyl/N-ethyl adjacent to an activating group) is 1. The van der Waals surface area contributed by atoms with E-state index in [0.717, 1.165) is 25.0 Å². The van der Waals surface area contributed by atoms with Crippen molar-refractivity contribution in [3.05, 3.63) is 41.5 Å². The number of benzene rings is 1. The van der Waals surface area contributed by atoms with Crippen LogP contribution in [0.3, 0.4) is 0 Å². The second-order valence-corrected chi connectivity index (χ2v) is 7.81. The molecule has 0 aliphatic carbocycles. The van der Waals surface area contributed by atoms with Gasteiger partial charge in [0.2, 0.25) is 0 Å². The van der Waals surface area contributed by atoms with Crippen LogP contribution in [0.25, 0.3) is 0 Å². The van der Waals surface area contributed by atoms with E-state index in [2.05, 4.69) is 41.1 Å². The van der Waals surface area contributed by atoms with Crippen LogP contribution in [0.1, 0.15) is 30.7 Å². The molecule has 0 aromatic heterocycles. The minimum absolute atomic E-state index is 0.0639. The number of nitrogens with zero attached hydrogens (tertiary/aromatic N) is 2. The third-order valence-electron chi connectivity index (χ3n) is 6.64. The fourth-order valence-electron chi connectivity index (χ4n) is 5.52. The summed E-state index contributed by atoms with van der Waals surface area (Å²) in [5.41, 5.74) is 3.32. The van der Waals surface area contributed by atoms with Crippen molar-refractivity contribution in [1.82, 2.24) is 4.90 Å². The molecule has 5 heteroatoms. The lowest BCUT2D eigenvalue weighted by atomic mass is 9.79. The average Bonchev–Trinajstić information content (AvgIpc) is 3.13. The third kappa shape index (κ3) is 2.19. The monoisotopic (exact) mass is 340 g/mol. The van der Waals surface area contributed by atoms with Crippen molar-refractivity contribution in [2.75, 3.05) is 25.1 Å². The van der Waals surface area contributed by atoms with Gasteiger partial charge in [0.15, 0.2) is 0 Å². The van der Waals surface area contributed by atoms with Crippen molar-refractivity contribution in [3.63, 3.8) is 0 Å². The quantitative estimate of drug-likeness (QED) is 0.791. The van der Waals surface area contributed by atoms with Gasteiger partial charge in [-0.25, -0.2) is 4.79 Å². The maximum Gasteiger partial charge on any atom is 0.334 e. The van der Waals surface area contributed by atoms with Crippen LogP contribution in [-0.2, 0) is 9.53 Å². The lowest BCUT2D eigenvalue weighted by molar-refractivity contribution is -0.136. The molecule has 0 bridgehead atoms. The zero-order valence-electron chi connectivity index (χ0n) is 14.5. The molecule has 2 saturated heterocycles. The molecule has 0 amide bonds. The molecule has 5 nitrogen and oxygen atoms in total. The average molecular weight is 340 g/mol. The third-order valence-corrected chi connectivity index (χ3v) is 6.64. The van der Waals surface area contributed by atoms with Crippen molar-refractivity contribution in [2.24, 2.45) is 5.92 Å². The number of para-hydroxylation sites is 1. The zero-order valence-corrected chi connectivity index (χ0v) is 14.5. The van der Waals surface area contributed by atoms with Gasteiger partial charge in [0.25, 0.3) is 0 Å². The maximum absolute atomic E-state index is 12.1. The Morgan fingerprint density at radius 1 is 1.24 bits per heavy atom. The Balaban J connectivity index is 1.58. The predicted molar refractivity (Wildman–Crippen MR) is 94.3 cm³/mol. The molecular weight excluding hydrogens is 316 g/mol. The van der Waals surface area contributed by atoms with Gasteiger partial charge < -0.3 is 19.6 Å². The van der Waals surface area contributed by atoms with E-state index in [-0.39, 0.29) is 17.9 Å². The van der Waals surface area contributed by atoms with Gasteiger partial charge >= 0.3 is 5.97 Å². The largest absolute Gasteiger partial charge is 0.458 e. The van der Waals surface area contributed by atoms with E-state index in [1.54, 1.807) is 0 Å². The van der Waals surface area contributed by atoms with Crippen LogP contribution in [0.4, 0.5) is 5.69 Å². The molecule has 4 aliphatic rings. The first-order valence-corrected chi connectivity index (χ1v) is 9.28. The fourth-order valence-corrected chi connectivity index (χ4v) is 5.52. The summed E-state index contributed by atoms with van der Waals surface area (Å²) in [5, 5.41) is 11.1. The van der Waals surface area contributed by atoms with Crippen molar-refractivity contribution >= 4 is 11.7 Å². The number of fused-ring (bicyclic) bond motifs is 3. The summed E-state index contributed by atoms with van der Waals surface area (Å²) in [4.78, 5) is 16.8. The molecule has 25 heavy (non-hydrogen) atoms. The minimum atomic E-state index is -0.563. The molecule has 0 radical (unpaired) electrons. The number of likely N-dealkylation sites (tertiary alicyclic amines) is 1. The highest BCUT2D eigenvalue weighted by Crippen LogP contribution is 2.51. The number of carbonyl (C=O) groups excluding carboxylic acids is 1. The summed E-state index contributed by atoms with van der Waals surface area (Å²) in [6, 6.07) is 9.14. The van der Waals surface area contributed by atoms with Gasteiger partial charge in [-0.1, -0.05) is 18.2 Å². The Bertz CT molecular complexity index is 746. The van der Waals surface area contributed by atoms with Gasteiger partial charge in [-0.05, 0) is 56.5 Å². The normalized spacial score (nSPS) is 37.2. The number of cyclic esters (lactones) is 1. The summed E-state index contributed by atoms with van der Waals surface area (Å²) in [7, 11) is 2.18. The van der Waals surface area contributed by atoms with E-state index in [1.165, 1.54) is 11.3 Å². The maximum atomic E-state index is 12.1. The highest BCUT2D eigenvalue weighted by molar-refractivity contribution is 5.91. The summed E-state index contributed by atoms with van der Waals surface area (Å²) < 4.78 is 5.14. The van der Waals surface area contributed by atoms with Crippen molar-refractivity contribution < 1.29 is 14.6 Å². The van der Waals surface area contributed by atoms with E-state index in [9.17, 15) is 9.90 Å². The number of rotatable bonds is 1. The Morgan fingerprint density at radius 2 is 2.08 bits per heavy atom. The van der Waals surface area contributed by atoms with Crippen LogP contribution in [0.15, 0.2) is 35.9 Å². The van der Waals surface area contributed by atoms with E-state index in [4.69, 9.17) is 4.74 Å². The first-order chi connectivity index (χ1) is 12.1. The van der Waals surface area contributed by atoms with Gasteiger partial charge in [-0.15, -0.1) is 0 Å². The van der Waals surface area contributed by atoms with Gasteiger partial charge in [-0.2, -0.15) is 0 Å². The number of ether oxygens (including phenoxy) is 1. The predicted octanol–water partition coefficient (Wildman–Crippen LogP) is 1.87. The number of hydrogen-bond donors (Lipinski definition) is 1. The lowest BCUT2D eigenvalue weighted by Crippen LogP contribution is -2.55. The Labute approximate surface area is 147 Å². The zero-order chi connectivity index (χ0) is 17.1. The Kier molecular flexibility index (Phi) is 3.44. The summed E-state index contributed by atoms with van der Waals surface area (Å²) in [5.74, 6) is 0.332. The molecule has 1 aromatic carbocycles. The molecule has 132 valence electrons. The Morgan fingerprint density at radius 3 is 2.88 bits per heavy atom. The van der Waals surface area contributed by atoms with Crippen LogP contribution < -0.4 is 4.90 Å². The molecule has 4 heterocycles. The number of esters is 1. The van der Waals surface area contributed by atoms with Crippen LogP contribution in [0.2, 0.25) is 0 Å². The van der Waals surface area contributed by atoms with Crippen LogP contribution >= 0.6 is 0 Å². The smallest absolute Gasteiger partial charge is 0.334 e. The summed E-state index contributed by atoms with van der Waals surface area (Å²) >= 11 is 0. The molecule has 4 aliphatic heterocycles. The number of anilines is 1. The minimum Gasteiger partial charge on any atom is -0.458 e. The van der Waals surface area contributed by atoms with Gasteiger partial charge in [0.1, 0.15) is 12.8 Å². The number of piperidine rings is 1. The fraction of sp³-hybridized carbons (Fsp3) is 0.550. The van der Waals surface area contributed by atoms with Crippen LogP contribution in [0.5, 0.6) is 0 Å². The summed E-state index contributed by atoms with van der Waals surface area (Å²) in [6.45, 7) is 1.43. The molecule has 2 fully saturated rings. The molecule has 0 saturated carbocycles. The standard InChI is InChI=1S/C20H24N2O3/c1-21-8-6-15-14-4-2-3-5-16(14)22-18(23)11-12(10-17(21)19(15)22)13-7-9-25-20(13)24/h2-5,7,12,15,17-19,23H,6,8-11H2,1H3/t12-,15?,17+,18+,19?/m1/s1. The SMILES string of the molecule is CN1CCC2c3ccccc3N3C2[C@@H]1C[C@@H](C1=CCOC1=O)C[C@@H]3O. The van der Waals surface area contributed by atoms with Crippen molar-refractivity contribution in [2.45, 2.75) is 43.5 Å². The molecule has 1 N–H and O–H groups in total. The second-order valence-electron chi connectivity index (χ2n) is 7.81. The summed E-state index contributed by atoms with van der Waals surface area (Å²) in [6.07, 6.45) is 3.95. The van der Waals surface area contributed by atoms with E-state index < -0.39 is 6.23 Å². The van der Waals surface area contributed by atoms with Gasteiger partial charge in [-0.3, -0.25) is 0 Å². The van der Waals surface area contributed by atoms with E-state index >= 15 is 0 Å². The lowest BCUT2D eigenvalue weighted by Gasteiger charge is -2.44. The number of aliphatic hydroxyl groups excluding tert-OH is 1. The number of hydrogen-bond acceptors (Lipinski definition) is 5. The van der Waals surface area contributed by atoms with Crippen molar-refractivity contribution in [3.8, 4) is 0 Å². The highest BCUT2D eigenvalue weighted by atomic mass is 16.5. The molecular formula is C20H24N2O3. The van der Waals surface area contributed by atoms with Gasteiger partial charge in [0.05, 0.1) is 6.04 Å². The molecule has 5 atom stereocenters. The number of carbonyl (C=O) groups is 1. The first kappa shape index (κ1) is 15.4. The molecule has 1 aromatic rings. The molecule has 0 spiro atoms. The van der Waals surface area contributed by atoms with Crippen molar-refractivity contribution in [1.29, 1.82) is 0 Å². The Hall–Kier alpha value is -1.85. The second kappa shape index (κ2) is 5.58. The first-order valence-electron chi connectivity index (χ1n) is 9.28.